The van der Waals surface area contributed by atoms with Crippen LogP contribution in [0.2, 0.25) is 0 Å². The molecule has 2 aromatic rings. The lowest BCUT2D eigenvalue weighted by molar-refractivity contribution is -0.111. The van der Waals surface area contributed by atoms with Crippen LogP contribution in [0.1, 0.15) is 32.3 Å². The molecule has 1 amide bonds. The molecule has 0 fully saturated rings. The molecule has 2 rings (SSSR count). The van der Waals surface area contributed by atoms with E-state index in [1.54, 1.807) is 17.8 Å². The number of hydrogen-bond acceptors (Lipinski definition) is 6. The number of unbranched alkanes of at least 4 members (excludes halogenated alkanes) is 1. The molecule has 134 valence electrons. The highest BCUT2D eigenvalue weighted by molar-refractivity contribution is 9.10. The monoisotopic (exact) mass is 441 g/mol. The van der Waals surface area contributed by atoms with E-state index < -0.39 is 0 Å². The molecule has 1 aromatic heterocycles. The largest absolute Gasteiger partial charge is 0.493 e. The summed E-state index contributed by atoms with van der Waals surface area (Å²) in [5.41, 5.74) is 0.833. The van der Waals surface area contributed by atoms with Crippen molar-refractivity contribution in [2.75, 3.05) is 17.7 Å². The number of aromatic nitrogens is 2. The van der Waals surface area contributed by atoms with Gasteiger partial charge in [0.25, 0.3) is 0 Å². The van der Waals surface area contributed by atoms with Gasteiger partial charge in [0.2, 0.25) is 11.0 Å². The maximum absolute atomic E-state index is 12.1. The van der Waals surface area contributed by atoms with E-state index in [0.29, 0.717) is 11.7 Å². The summed E-state index contributed by atoms with van der Waals surface area (Å²) in [5.74, 6) is 1.51. The number of thioether (sulfide) groups is 1. The first-order valence-electron chi connectivity index (χ1n) is 8.00. The Morgan fingerprint density at radius 1 is 1.40 bits per heavy atom. The lowest BCUT2D eigenvalue weighted by Gasteiger charge is -2.07. The van der Waals surface area contributed by atoms with E-state index in [1.165, 1.54) is 17.4 Å². The molecule has 5 nitrogen and oxygen atoms in total. The molecule has 0 spiro atoms. The first-order chi connectivity index (χ1) is 12.1. The van der Waals surface area contributed by atoms with E-state index in [0.717, 1.165) is 38.7 Å². The van der Waals surface area contributed by atoms with Gasteiger partial charge in [-0.15, -0.1) is 10.2 Å². The predicted molar refractivity (Wildman–Crippen MR) is 109 cm³/mol. The molecule has 8 heteroatoms. The van der Waals surface area contributed by atoms with Crippen molar-refractivity contribution >= 4 is 56.1 Å². The SMILES string of the molecule is CCCCSc1nnc(NC(=O)/C=C/c2cc(Br)ccc2OCC)s1. The molecule has 1 N–H and O–H groups in total. The van der Waals surface area contributed by atoms with Crippen molar-refractivity contribution in [2.45, 2.75) is 31.0 Å². The van der Waals surface area contributed by atoms with Crippen LogP contribution in [0.4, 0.5) is 5.13 Å². The molecular weight excluding hydrogens is 422 g/mol. The molecule has 0 aliphatic carbocycles. The molecule has 25 heavy (non-hydrogen) atoms. The molecule has 0 aliphatic heterocycles. The van der Waals surface area contributed by atoms with Crippen LogP contribution in [0.5, 0.6) is 5.75 Å². The zero-order chi connectivity index (χ0) is 18.1. The number of carbonyl (C=O) groups is 1. The molecule has 0 aliphatic rings. The van der Waals surface area contributed by atoms with Gasteiger partial charge in [-0.2, -0.15) is 0 Å². The Morgan fingerprint density at radius 3 is 3.00 bits per heavy atom. The Kier molecular flexibility index (Phi) is 8.43. The Labute approximate surface area is 164 Å². The van der Waals surface area contributed by atoms with Crippen molar-refractivity contribution < 1.29 is 9.53 Å². The summed E-state index contributed by atoms with van der Waals surface area (Å²) < 4.78 is 7.36. The van der Waals surface area contributed by atoms with E-state index in [4.69, 9.17) is 4.74 Å². The third kappa shape index (κ3) is 6.80. The van der Waals surface area contributed by atoms with Gasteiger partial charge in [0.05, 0.1) is 6.61 Å². The van der Waals surface area contributed by atoms with E-state index in [1.807, 2.05) is 25.1 Å². The highest BCUT2D eigenvalue weighted by atomic mass is 79.9. The highest BCUT2D eigenvalue weighted by Crippen LogP contribution is 2.27. The zero-order valence-electron chi connectivity index (χ0n) is 14.1. The first-order valence-corrected chi connectivity index (χ1v) is 10.6. The van der Waals surface area contributed by atoms with Crippen molar-refractivity contribution in [1.29, 1.82) is 0 Å². The molecular formula is C17H20BrN3O2S2. The molecule has 0 saturated carbocycles. The van der Waals surface area contributed by atoms with Gasteiger partial charge in [-0.05, 0) is 37.6 Å². The average molecular weight is 442 g/mol. The van der Waals surface area contributed by atoms with Crippen LogP contribution in [0, 0.1) is 0 Å². The molecule has 0 atom stereocenters. The van der Waals surface area contributed by atoms with Gasteiger partial charge >= 0.3 is 0 Å². The summed E-state index contributed by atoms with van der Waals surface area (Å²) in [6.45, 7) is 4.65. The molecule has 0 bridgehead atoms. The van der Waals surface area contributed by atoms with Crippen molar-refractivity contribution in [3.8, 4) is 5.75 Å². The second-order valence-electron chi connectivity index (χ2n) is 5.01. The van der Waals surface area contributed by atoms with Gasteiger partial charge in [-0.1, -0.05) is 52.4 Å². The standard InChI is InChI=1S/C17H20BrN3O2S2/c1-3-5-10-24-17-21-20-16(25-17)19-15(22)9-6-12-11-13(18)7-8-14(12)23-4-2/h6-9,11H,3-5,10H2,1-2H3,(H,19,20,22)/b9-6+. The van der Waals surface area contributed by atoms with E-state index in [9.17, 15) is 4.79 Å². The van der Waals surface area contributed by atoms with Crippen molar-refractivity contribution in [3.05, 3.63) is 34.3 Å². The summed E-state index contributed by atoms with van der Waals surface area (Å²) >= 11 is 6.48. The van der Waals surface area contributed by atoms with Crippen LogP contribution in [-0.2, 0) is 4.79 Å². The van der Waals surface area contributed by atoms with Crippen LogP contribution in [0.3, 0.4) is 0 Å². The quantitative estimate of drug-likeness (QED) is 0.249. The summed E-state index contributed by atoms with van der Waals surface area (Å²) in [7, 11) is 0. The Morgan fingerprint density at radius 2 is 2.24 bits per heavy atom. The van der Waals surface area contributed by atoms with Crippen molar-refractivity contribution in [1.82, 2.24) is 10.2 Å². The molecule has 0 unspecified atom stereocenters. The molecule has 1 aromatic carbocycles. The third-order valence-electron chi connectivity index (χ3n) is 3.05. The minimum Gasteiger partial charge on any atom is -0.493 e. The number of nitrogens with one attached hydrogen (secondary N) is 1. The minimum absolute atomic E-state index is 0.247. The summed E-state index contributed by atoms with van der Waals surface area (Å²) in [6.07, 6.45) is 5.49. The second-order valence-corrected chi connectivity index (χ2v) is 8.25. The van der Waals surface area contributed by atoms with Gasteiger partial charge < -0.3 is 4.74 Å². The van der Waals surface area contributed by atoms with Gasteiger partial charge in [0.1, 0.15) is 5.75 Å². The number of rotatable bonds is 9. The average Bonchev–Trinajstić information content (AvgIpc) is 3.03. The fraction of sp³-hybridized carbons (Fsp3) is 0.353. The van der Waals surface area contributed by atoms with Crippen LogP contribution in [0.25, 0.3) is 6.08 Å². The van der Waals surface area contributed by atoms with Crippen molar-refractivity contribution in [3.63, 3.8) is 0 Å². The molecule has 0 saturated heterocycles. The Balaban J connectivity index is 1.96. The van der Waals surface area contributed by atoms with Gasteiger partial charge in [-0.3, -0.25) is 10.1 Å². The Hall–Kier alpha value is -1.38. The normalized spacial score (nSPS) is 11.0. The molecule has 1 heterocycles. The number of carbonyl (C=O) groups excluding carboxylic acids is 1. The first kappa shape index (κ1) is 19.9. The van der Waals surface area contributed by atoms with Gasteiger partial charge in [0.15, 0.2) is 4.34 Å². The third-order valence-corrected chi connectivity index (χ3v) is 5.60. The number of nitrogens with zero attached hydrogens (tertiary/aromatic N) is 2. The van der Waals surface area contributed by atoms with Gasteiger partial charge in [0, 0.05) is 21.9 Å². The maximum atomic E-state index is 12.1. The number of hydrogen-bond donors (Lipinski definition) is 1. The fourth-order valence-corrected chi connectivity index (χ4v) is 4.16. The number of benzene rings is 1. The van der Waals surface area contributed by atoms with Crippen LogP contribution < -0.4 is 10.1 Å². The highest BCUT2D eigenvalue weighted by Gasteiger charge is 2.07. The number of amides is 1. The molecule has 0 radical (unpaired) electrons. The topological polar surface area (TPSA) is 64.1 Å². The Bertz CT molecular complexity index is 734. The van der Waals surface area contributed by atoms with Crippen LogP contribution in [0.15, 0.2) is 33.1 Å². The summed E-state index contributed by atoms with van der Waals surface area (Å²) in [5, 5.41) is 11.3. The zero-order valence-corrected chi connectivity index (χ0v) is 17.3. The van der Waals surface area contributed by atoms with E-state index in [-0.39, 0.29) is 5.91 Å². The van der Waals surface area contributed by atoms with Crippen molar-refractivity contribution in [2.24, 2.45) is 0 Å². The lowest BCUT2D eigenvalue weighted by atomic mass is 10.2. The second kappa shape index (κ2) is 10.6. The summed E-state index contributed by atoms with van der Waals surface area (Å²) in [6, 6.07) is 5.68. The van der Waals surface area contributed by atoms with Crippen LogP contribution >= 0.6 is 39.0 Å². The smallest absolute Gasteiger partial charge is 0.250 e. The van der Waals surface area contributed by atoms with Crippen LogP contribution in [-0.4, -0.2) is 28.5 Å². The summed E-state index contributed by atoms with van der Waals surface area (Å²) in [4.78, 5) is 12.1. The van der Waals surface area contributed by atoms with Gasteiger partial charge in [-0.25, -0.2) is 0 Å². The fourth-order valence-electron chi connectivity index (χ4n) is 1.87. The van der Waals surface area contributed by atoms with E-state index >= 15 is 0 Å². The van der Waals surface area contributed by atoms with E-state index in [2.05, 4.69) is 38.4 Å². The number of anilines is 1. The number of halogens is 1. The lowest BCUT2D eigenvalue weighted by Crippen LogP contribution is -2.07. The minimum atomic E-state index is -0.247. The predicted octanol–water partition coefficient (Wildman–Crippen LogP) is 5.24. The number of ether oxygens (including phenoxy) is 1. The maximum Gasteiger partial charge on any atom is 0.250 e.